The molecule has 0 saturated carbocycles. The largest absolute Gasteiger partial charge is 0.478 e. The number of carbonyl (C=O) groups is 4. The zero-order chi connectivity index (χ0) is 43.2. The van der Waals surface area contributed by atoms with Gasteiger partial charge in [-0.3, -0.25) is 0 Å². The summed E-state index contributed by atoms with van der Waals surface area (Å²) in [6.45, 7) is 0. The molecule has 0 heterocycles. The Morgan fingerprint density at radius 1 is 0.300 bits per heavy atom. The number of carboxylic acid groups (broad SMARTS) is 4. The zero-order valence-corrected chi connectivity index (χ0v) is 37.2. The van der Waals surface area contributed by atoms with Gasteiger partial charge in [-0.25, -0.2) is 19.2 Å². The molecular weight excluding hydrogens is 913 g/mol. The van der Waals surface area contributed by atoms with E-state index >= 15 is 0 Å². The minimum absolute atomic E-state index is 0.0663. The molecule has 0 spiro atoms. The molecule has 0 aliphatic rings. The van der Waals surface area contributed by atoms with E-state index in [1.165, 1.54) is 0 Å². The standard InChI is InChI=1S/C44H26O8S8/c45-41(46)37-27(53)5-15(6-28(37)54)23-13-25(17-9-31(57)39(43(49)50)32(58)10-17)21-3-4-22-26(18-11-33(59)40(44(51)52)34(60)12-18)14-24(20-2-1-19(23)35(21)36(20)22)16-7-29(55)38(42(47)48)30(56)8-16/h1-14,53-60H,(H,45,46)(H,47,48)(H,49,50)(H,51,52). The van der Waals surface area contributed by atoms with Crippen molar-refractivity contribution >= 4 is 157 Å². The van der Waals surface area contributed by atoms with Crippen LogP contribution in [0.1, 0.15) is 41.4 Å². The van der Waals surface area contributed by atoms with Crippen molar-refractivity contribution in [3.05, 3.63) is 107 Å². The molecule has 0 aromatic heterocycles. The van der Waals surface area contributed by atoms with E-state index < -0.39 is 23.9 Å². The van der Waals surface area contributed by atoms with Crippen molar-refractivity contribution in [1.82, 2.24) is 0 Å². The molecule has 8 nitrogen and oxygen atoms in total. The highest BCUT2D eigenvalue weighted by Crippen LogP contribution is 2.50. The summed E-state index contributed by atoms with van der Waals surface area (Å²) < 4.78 is 0. The Kier molecular flexibility index (Phi) is 11.1. The molecule has 0 unspecified atom stereocenters. The van der Waals surface area contributed by atoms with Gasteiger partial charge in [0.1, 0.15) is 0 Å². The molecular formula is C44H26O8S8. The number of benzene rings is 8. The summed E-state index contributed by atoms with van der Waals surface area (Å²) >= 11 is 36.4. The van der Waals surface area contributed by atoms with Gasteiger partial charge in [-0.05, 0) is 137 Å². The first-order valence-electron chi connectivity index (χ1n) is 17.3. The van der Waals surface area contributed by atoms with Crippen LogP contribution in [0.15, 0.2) is 124 Å². The fraction of sp³-hybridized carbons (Fsp3) is 0. The highest BCUT2D eigenvalue weighted by Gasteiger charge is 2.25. The molecule has 8 rings (SSSR count). The van der Waals surface area contributed by atoms with Gasteiger partial charge in [0.2, 0.25) is 0 Å². The second kappa shape index (κ2) is 15.7. The van der Waals surface area contributed by atoms with E-state index in [0.717, 1.165) is 32.3 Å². The molecule has 0 amide bonds. The van der Waals surface area contributed by atoms with Crippen LogP contribution in [-0.4, -0.2) is 44.3 Å². The maximum absolute atomic E-state index is 12.2. The average Bonchev–Trinajstić information content (AvgIpc) is 3.14. The Hall–Kier alpha value is -4.52. The van der Waals surface area contributed by atoms with Crippen LogP contribution in [0.3, 0.4) is 0 Å². The first kappa shape index (κ1) is 42.2. The summed E-state index contributed by atoms with van der Waals surface area (Å²) in [4.78, 5) is 50.2. The van der Waals surface area contributed by atoms with Crippen molar-refractivity contribution in [3.63, 3.8) is 0 Å². The Morgan fingerprint density at radius 2 is 0.467 bits per heavy atom. The zero-order valence-electron chi connectivity index (χ0n) is 30.1. The molecule has 0 aliphatic carbocycles. The van der Waals surface area contributed by atoms with E-state index in [-0.39, 0.29) is 61.4 Å². The van der Waals surface area contributed by atoms with Crippen LogP contribution >= 0.6 is 101 Å². The lowest BCUT2D eigenvalue weighted by molar-refractivity contribution is 0.0678. The molecule has 4 N–H and O–H groups in total. The van der Waals surface area contributed by atoms with Crippen LogP contribution in [0.25, 0.3) is 76.8 Å². The second-order valence-corrected chi connectivity index (χ2v) is 17.6. The van der Waals surface area contributed by atoms with E-state index in [2.05, 4.69) is 101 Å². The van der Waals surface area contributed by atoms with Gasteiger partial charge >= 0.3 is 23.9 Å². The molecule has 0 radical (unpaired) electrons. The maximum Gasteiger partial charge on any atom is 0.337 e. The lowest BCUT2D eigenvalue weighted by Gasteiger charge is -2.22. The molecule has 16 heteroatoms. The normalized spacial score (nSPS) is 11.5. The predicted octanol–water partition coefficient (Wildman–Crippen LogP) is 12.4. The van der Waals surface area contributed by atoms with E-state index in [1.54, 1.807) is 48.5 Å². The van der Waals surface area contributed by atoms with Crippen LogP contribution in [0, 0.1) is 0 Å². The monoisotopic (exact) mass is 938 g/mol. The van der Waals surface area contributed by atoms with E-state index in [1.807, 2.05) is 36.4 Å². The van der Waals surface area contributed by atoms with Crippen LogP contribution < -0.4 is 0 Å². The van der Waals surface area contributed by atoms with Crippen LogP contribution in [-0.2, 0) is 0 Å². The molecule has 0 bridgehead atoms. The third-order valence-corrected chi connectivity index (χ3v) is 13.2. The van der Waals surface area contributed by atoms with Gasteiger partial charge < -0.3 is 20.4 Å². The fourth-order valence-corrected chi connectivity index (χ4v) is 11.1. The van der Waals surface area contributed by atoms with Gasteiger partial charge in [0.05, 0.1) is 22.3 Å². The predicted molar refractivity (Wildman–Crippen MR) is 258 cm³/mol. The maximum atomic E-state index is 12.2. The first-order valence-corrected chi connectivity index (χ1v) is 20.9. The Bertz CT molecular complexity index is 2760. The van der Waals surface area contributed by atoms with Crippen molar-refractivity contribution in [2.45, 2.75) is 39.2 Å². The molecule has 0 saturated heterocycles. The van der Waals surface area contributed by atoms with Crippen molar-refractivity contribution in [2.75, 3.05) is 0 Å². The molecule has 0 aliphatic heterocycles. The smallest absolute Gasteiger partial charge is 0.337 e. The third-order valence-electron chi connectivity index (χ3n) is 10.4. The number of hydrogen-bond donors (Lipinski definition) is 12. The molecule has 0 fully saturated rings. The lowest BCUT2D eigenvalue weighted by atomic mass is 9.81. The van der Waals surface area contributed by atoms with Gasteiger partial charge in [-0.15, -0.1) is 101 Å². The van der Waals surface area contributed by atoms with E-state index in [9.17, 15) is 39.6 Å². The van der Waals surface area contributed by atoms with Crippen LogP contribution in [0.5, 0.6) is 0 Å². The van der Waals surface area contributed by atoms with Crippen molar-refractivity contribution < 1.29 is 39.6 Å². The van der Waals surface area contributed by atoms with Crippen molar-refractivity contribution in [1.29, 1.82) is 0 Å². The van der Waals surface area contributed by atoms with Crippen molar-refractivity contribution in [3.8, 4) is 44.5 Å². The lowest BCUT2D eigenvalue weighted by Crippen LogP contribution is -2.02. The van der Waals surface area contributed by atoms with E-state index in [4.69, 9.17) is 0 Å². The first-order chi connectivity index (χ1) is 28.4. The molecule has 60 heavy (non-hydrogen) atoms. The number of aromatic carboxylic acids is 4. The van der Waals surface area contributed by atoms with Gasteiger partial charge in [0.15, 0.2) is 0 Å². The van der Waals surface area contributed by atoms with Gasteiger partial charge in [-0.2, -0.15) is 0 Å². The van der Waals surface area contributed by atoms with Gasteiger partial charge in [0.25, 0.3) is 0 Å². The number of carboxylic acids is 4. The van der Waals surface area contributed by atoms with Gasteiger partial charge in [0, 0.05) is 39.2 Å². The molecule has 8 aromatic rings. The van der Waals surface area contributed by atoms with Gasteiger partial charge in [-0.1, -0.05) is 24.3 Å². The molecule has 8 aromatic carbocycles. The topological polar surface area (TPSA) is 149 Å². The van der Waals surface area contributed by atoms with Crippen LogP contribution in [0.4, 0.5) is 0 Å². The SMILES string of the molecule is O=C(O)c1c(S)cc(-c2cc(-c3cc(S)c(C(=O)O)c(S)c3)c3ccc4c(-c5cc(S)c(C(=O)O)c(S)c5)cc(-c5cc(S)c(C(=O)O)c(S)c5)c5ccc2c3c54)cc1S. The average molecular weight is 939 g/mol. The number of rotatable bonds is 8. The Morgan fingerprint density at radius 3 is 0.617 bits per heavy atom. The van der Waals surface area contributed by atoms with E-state index in [0.29, 0.717) is 44.5 Å². The van der Waals surface area contributed by atoms with Crippen molar-refractivity contribution in [2.24, 2.45) is 0 Å². The molecule has 298 valence electrons. The van der Waals surface area contributed by atoms with Crippen LogP contribution in [0.2, 0.25) is 0 Å². The quantitative estimate of drug-likeness (QED) is 0.0532. The summed E-state index contributed by atoms with van der Waals surface area (Å²) in [6.07, 6.45) is 0. The molecule has 0 atom stereocenters. The highest BCUT2D eigenvalue weighted by atomic mass is 32.1. The summed E-state index contributed by atoms with van der Waals surface area (Å²) in [5, 5.41) is 44.3. The minimum atomic E-state index is -1.19. The third kappa shape index (κ3) is 6.96. The Labute approximate surface area is 384 Å². The number of hydrogen-bond acceptors (Lipinski definition) is 12. The summed E-state index contributed by atoms with van der Waals surface area (Å²) in [5.74, 6) is -4.76. The Balaban J connectivity index is 1.58. The fourth-order valence-electron chi connectivity index (χ4n) is 7.89. The number of thiol groups is 8. The highest BCUT2D eigenvalue weighted by molar-refractivity contribution is 7.82. The summed E-state index contributed by atoms with van der Waals surface area (Å²) in [7, 11) is 0. The summed E-state index contributed by atoms with van der Waals surface area (Å²) in [6, 6.07) is 24.9. The second-order valence-electron chi connectivity index (χ2n) is 13.8. The summed E-state index contributed by atoms with van der Waals surface area (Å²) in [5.41, 5.74) is 4.82. The minimum Gasteiger partial charge on any atom is -0.478 e.